The van der Waals surface area contributed by atoms with E-state index < -0.39 is 0 Å². The van der Waals surface area contributed by atoms with Gasteiger partial charge >= 0.3 is 0 Å². The van der Waals surface area contributed by atoms with Gasteiger partial charge in [0.1, 0.15) is 5.75 Å². The number of hydrogen-bond donors (Lipinski definition) is 1. The number of aryl methyl sites for hydroxylation is 1. The van der Waals surface area contributed by atoms with E-state index in [0.717, 1.165) is 27.5 Å². The number of methoxy groups -OCH3 is 1. The maximum atomic E-state index is 13.8. The Bertz CT molecular complexity index is 1260. The molecule has 0 bridgehead atoms. The molecule has 0 radical (unpaired) electrons. The number of rotatable bonds is 9. The molecular formula is C28H37N5O4S2. The molecule has 39 heavy (non-hydrogen) atoms. The Kier molecular flexibility index (Phi) is 9.35. The second-order valence-corrected chi connectivity index (χ2v) is 12.8. The number of nitrogens with one attached hydrogen (secondary N) is 1. The molecule has 1 N–H and O–H groups in total. The molecule has 2 heterocycles. The van der Waals surface area contributed by atoms with Gasteiger partial charge in [0.05, 0.1) is 23.1 Å². The van der Waals surface area contributed by atoms with E-state index in [2.05, 4.69) is 16.9 Å². The van der Waals surface area contributed by atoms with Crippen LogP contribution in [0.25, 0.3) is 0 Å². The zero-order valence-corrected chi connectivity index (χ0v) is 24.9. The first kappa shape index (κ1) is 29.1. The summed E-state index contributed by atoms with van der Waals surface area (Å²) in [7, 11) is 5.39. The molecule has 1 aromatic carbocycles. The van der Waals surface area contributed by atoms with Crippen molar-refractivity contribution in [3.8, 4) is 5.75 Å². The maximum Gasteiger partial charge on any atom is 0.257 e. The minimum absolute atomic E-state index is 0.0309. The lowest BCUT2D eigenvalue weighted by Gasteiger charge is -2.30. The van der Waals surface area contributed by atoms with Crippen molar-refractivity contribution in [2.45, 2.75) is 48.3 Å². The number of aromatic nitrogens is 1. The highest BCUT2D eigenvalue weighted by Crippen LogP contribution is 2.39. The van der Waals surface area contributed by atoms with Crippen LogP contribution in [0, 0.1) is 12.8 Å². The van der Waals surface area contributed by atoms with Crippen molar-refractivity contribution in [2.75, 3.05) is 52.7 Å². The van der Waals surface area contributed by atoms with Crippen LogP contribution in [0.15, 0.2) is 39.6 Å². The number of thiazole rings is 1. The van der Waals surface area contributed by atoms with Gasteiger partial charge in [0.25, 0.3) is 11.8 Å². The van der Waals surface area contributed by atoms with Crippen LogP contribution in [0.5, 0.6) is 5.75 Å². The number of ether oxygens (including phenoxy) is 1. The number of hydrogen-bond acceptors (Lipinski definition) is 8. The molecule has 2 fully saturated rings. The van der Waals surface area contributed by atoms with Gasteiger partial charge in [-0.25, -0.2) is 4.98 Å². The van der Waals surface area contributed by atoms with E-state index in [1.165, 1.54) is 23.1 Å². The van der Waals surface area contributed by atoms with Gasteiger partial charge in [-0.3, -0.25) is 14.4 Å². The van der Waals surface area contributed by atoms with Crippen LogP contribution in [-0.4, -0.2) is 90.8 Å². The SMILES string of the molecule is C=C(CN(C)C)C(=O)N1CCCN(C(=O)c2cc(Sc3cnc(NC(=O)C4CC4)s3)c(C)cc2OC)CC1C. The van der Waals surface area contributed by atoms with Crippen LogP contribution in [0.4, 0.5) is 5.13 Å². The zero-order chi connectivity index (χ0) is 28.3. The van der Waals surface area contributed by atoms with Gasteiger partial charge in [-0.2, -0.15) is 0 Å². The van der Waals surface area contributed by atoms with Crippen molar-refractivity contribution in [2.24, 2.45) is 5.92 Å². The lowest BCUT2D eigenvalue weighted by molar-refractivity contribution is -0.129. The summed E-state index contributed by atoms with van der Waals surface area (Å²) < 4.78 is 6.53. The number of benzene rings is 1. The second-order valence-electron chi connectivity index (χ2n) is 10.5. The first-order valence-corrected chi connectivity index (χ1v) is 14.8. The average molecular weight is 572 g/mol. The van der Waals surface area contributed by atoms with Gasteiger partial charge in [-0.05, 0) is 64.9 Å². The van der Waals surface area contributed by atoms with E-state index in [-0.39, 0.29) is 29.7 Å². The fourth-order valence-electron chi connectivity index (χ4n) is 4.60. The smallest absolute Gasteiger partial charge is 0.257 e. The molecule has 0 spiro atoms. The van der Waals surface area contributed by atoms with Crippen molar-refractivity contribution in [1.29, 1.82) is 0 Å². The fraction of sp³-hybridized carbons (Fsp3) is 0.500. The topological polar surface area (TPSA) is 95.1 Å². The molecule has 1 aliphatic heterocycles. The summed E-state index contributed by atoms with van der Waals surface area (Å²) in [6, 6.07) is 3.62. The Morgan fingerprint density at radius 1 is 1.26 bits per heavy atom. The predicted octanol–water partition coefficient (Wildman–Crippen LogP) is 4.14. The molecule has 2 aliphatic rings. The molecule has 3 amide bonds. The Labute approximate surface area is 238 Å². The quantitative estimate of drug-likeness (QED) is 0.452. The minimum Gasteiger partial charge on any atom is -0.496 e. The Morgan fingerprint density at radius 2 is 2.00 bits per heavy atom. The average Bonchev–Trinajstić information content (AvgIpc) is 3.68. The van der Waals surface area contributed by atoms with Crippen LogP contribution in [0.3, 0.4) is 0 Å². The third-order valence-electron chi connectivity index (χ3n) is 6.80. The fourth-order valence-corrected chi connectivity index (χ4v) is 6.55. The van der Waals surface area contributed by atoms with Crippen molar-refractivity contribution in [1.82, 2.24) is 19.7 Å². The van der Waals surface area contributed by atoms with Crippen molar-refractivity contribution in [3.05, 3.63) is 41.6 Å². The minimum atomic E-state index is -0.144. The van der Waals surface area contributed by atoms with Gasteiger partial charge in [-0.1, -0.05) is 29.7 Å². The molecular weight excluding hydrogens is 534 g/mol. The van der Waals surface area contributed by atoms with Crippen LogP contribution < -0.4 is 10.1 Å². The second kappa shape index (κ2) is 12.5. The normalized spacial score (nSPS) is 17.6. The van der Waals surface area contributed by atoms with E-state index in [1.807, 2.05) is 54.8 Å². The Hall–Kier alpha value is -2.89. The molecule has 4 rings (SSSR count). The van der Waals surface area contributed by atoms with Crippen LogP contribution in [-0.2, 0) is 9.59 Å². The lowest BCUT2D eigenvalue weighted by atomic mass is 10.1. The molecule has 2 aromatic rings. The maximum absolute atomic E-state index is 13.8. The molecule has 210 valence electrons. The summed E-state index contributed by atoms with van der Waals surface area (Å²) in [5.74, 6) is 0.486. The molecule has 1 saturated carbocycles. The van der Waals surface area contributed by atoms with Crippen molar-refractivity contribution in [3.63, 3.8) is 0 Å². The largest absolute Gasteiger partial charge is 0.496 e. The number of anilines is 1. The summed E-state index contributed by atoms with van der Waals surface area (Å²) in [6.45, 7) is 9.99. The summed E-state index contributed by atoms with van der Waals surface area (Å²) >= 11 is 2.93. The first-order chi connectivity index (χ1) is 18.6. The van der Waals surface area contributed by atoms with Crippen LogP contribution in [0.1, 0.15) is 42.1 Å². The first-order valence-electron chi connectivity index (χ1n) is 13.1. The number of likely N-dealkylation sites (N-methyl/N-ethyl adjacent to an activating group) is 1. The van der Waals surface area contributed by atoms with Gasteiger partial charge < -0.3 is 24.8 Å². The third kappa shape index (κ3) is 7.20. The number of carbonyl (C=O) groups is 3. The zero-order valence-electron chi connectivity index (χ0n) is 23.3. The van der Waals surface area contributed by atoms with E-state index in [1.54, 1.807) is 13.3 Å². The van der Waals surface area contributed by atoms with Crippen LogP contribution >= 0.6 is 23.1 Å². The van der Waals surface area contributed by atoms with E-state index in [4.69, 9.17) is 4.74 Å². The monoisotopic (exact) mass is 571 g/mol. The molecule has 11 heteroatoms. The Morgan fingerprint density at radius 3 is 2.67 bits per heavy atom. The summed E-state index contributed by atoms with van der Waals surface area (Å²) in [6.07, 6.45) is 4.31. The van der Waals surface area contributed by atoms with Gasteiger partial charge in [0.15, 0.2) is 5.13 Å². The molecule has 1 unspecified atom stereocenters. The summed E-state index contributed by atoms with van der Waals surface area (Å²) in [5, 5.41) is 3.48. The number of amides is 3. The van der Waals surface area contributed by atoms with Gasteiger partial charge in [0, 0.05) is 48.6 Å². The number of carbonyl (C=O) groups excluding carboxylic acids is 3. The van der Waals surface area contributed by atoms with E-state index in [0.29, 0.717) is 54.6 Å². The summed E-state index contributed by atoms with van der Waals surface area (Å²) in [4.78, 5) is 49.8. The number of nitrogens with zero attached hydrogens (tertiary/aromatic N) is 4. The molecule has 1 aromatic heterocycles. The Balaban J connectivity index is 1.49. The highest BCUT2D eigenvalue weighted by Gasteiger charge is 2.31. The van der Waals surface area contributed by atoms with E-state index >= 15 is 0 Å². The molecule has 9 nitrogen and oxygen atoms in total. The standard InChI is InChI=1S/C28H37N5O4S2/c1-17-12-22(37-6)21(13-23(17)38-24-14-29-28(39-24)30-25(34)20-8-9-20)27(36)32-10-7-11-33(19(3)16-32)26(35)18(2)15-31(4)5/h12-14,19-20H,2,7-11,15-16H2,1,3-6H3,(H,29,30,34). The predicted molar refractivity (Wildman–Crippen MR) is 155 cm³/mol. The summed E-state index contributed by atoms with van der Waals surface area (Å²) in [5.41, 5.74) is 2.01. The highest BCUT2D eigenvalue weighted by atomic mass is 32.2. The van der Waals surface area contributed by atoms with Crippen molar-refractivity contribution < 1.29 is 19.1 Å². The molecule has 1 atom stereocenters. The highest BCUT2D eigenvalue weighted by molar-refractivity contribution is 8.01. The van der Waals surface area contributed by atoms with Crippen LogP contribution in [0.2, 0.25) is 0 Å². The van der Waals surface area contributed by atoms with Gasteiger partial charge in [0.2, 0.25) is 5.91 Å². The van der Waals surface area contributed by atoms with Crippen molar-refractivity contribution >= 4 is 46.0 Å². The lowest BCUT2D eigenvalue weighted by Crippen LogP contribution is -2.45. The van der Waals surface area contributed by atoms with E-state index in [9.17, 15) is 14.4 Å². The van der Waals surface area contributed by atoms with Gasteiger partial charge in [-0.15, -0.1) is 0 Å². The molecule has 1 saturated heterocycles. The third-order valence-corrected chi connectivity index (χ3v) is 8.98. The molecule has 1 aliphatic carbocycles.